The van der Waals surface area contributed by atoms with Crippen molar-refractivity contribution in [3.05, 3.63) is 65.2 Å². The number of methoxy groups -OCH3 is 2. The number of ether oxygens (including phenoxy) is 2. The second-order valence-corrected chi connectivity index (χ2v) is 5.61. The van der Waals surface area contributed by atoms with E-state index in [1.807, 2.05) is 36.4 Å². The maximum Gasteiger partial charge on any atom is 0.255 e. The van der Waals surface area contributed by atoms with Crippen LogP contribution in [0.4, 0.5) is 5.69 Å². The van der Waals surface area contributed by atoms with Crippen LogP contribution in [0.1, 0.15) is 10.4 Å². The number of halogens is 1. The van der Waals surface area contributed by atoms with Crippen molar-refractivity contribution >= 4 is 34.0 Å². The van der Waals surface area contributed by atoms with Crippen LogP contribution in [0.15, 0.2) is 54.6 Å². The van der Waals surface area contributed by atoms with Crippen molar-refractivity contribution in [2.24, 2.45) is 0 Å². The largest absolute Gasteiger partial charge is 0.495 e. The first kappa shape index (κ1) is 16.1. The van der Waals surface area contributed by atoms with Gasteiger partial charge in [-0.3, -0.25) is 4.79 Å². The number of carbonyl (C=O) groups excluding carboxylic acids is 1. The molecular weight excluding hydrogens is 326 g/mol. The molecule has 0 aliphatic rings. The summed E-state index contributed by atoms with van der Waals surface area (Å²) in [7, 11) is 3.03. The normalized spacial score (nSPS) is 10.5. The van der Waals surface area contributed by atoms with E-state index in [2.05, 4.69) is 5.32 Å². The fraction of sp³-hybridized carbons (Fsp3) is 0.105. The van der Waals surface area contributed by atoms with E-state index in [1.54, 1.807) is 18.2 Å². The van der Waals surface area contributed by atoms with Gasteiger partial charge in [0.15, 0.2) is 0 Å². The Morgan fingerprint density at radius 2 is 1.62 bits per heavy atom. The van der Waals surface area contributed by atoms with Crippen molar-refractivity contribution in [1.82, 2.24) is 0 Å². The second-order valence-electron chi connectivity index (χ2n) is 5.20. The van der Waals surface area contributed by atoms with Crippen LogP contribution in [0.25, 0.3) is 10.8 Å². The van der Waals surface area contributed by atoms with Crippen molar-refractivity contribution < 1.29 is 14.3 Å². The minimum absolute atomic E-state index is 0.233. The maximum absolute atomic E-state index is 12.6. The third-order valence-electron chi connectivity index (χ3n) is 3.73. The first-order chi connectivity index (χ1) is 11.6. The van der Waals surface area contributed by atoms with E-state index >= 15 is 0 Å². The van der Waals surface area contributed by atoms with E-state index in [9.17, 15) is 4.79 Å². The predicted octanol–water partition coefficient (Wildman–Crippen LogP) is 4.76. The highest BCUT2D eigenvalue weighted by Crippen LogP contribution is 2.36. The summed E-state index contributed by atoms with van der Waals surface area (Å²) < 4.78 is 10.5. The molecule has 0 saturated carbocycles. The van der Waals surface area contributed by atoms with E-state index in [0.717, 1.165) is 10.8 Å². The summed E-state index contributed by atoms with van der Waals surface area (Å²) in [5.41, 5.74) is 1.06. The molecule has 3 aromatic carbocycles. The van der Waals surface area contributed by atoms with Crippen LogP contribution in [0.3, 0.4) is 0 Å². The maximum atomic E-state index is 12.6. The highest BCUT2D eigenvalue weighted by molar-refractivity contribution is 6.32. The Bertz CT molecular complexity index is 908. The summed E-state index contributed by atoms with van der Waals surface area (Å²) in [6, 6.07) is 16.7. The van der Waals surface area contributed by atoms with Crippen molar-refractivity contribution in [2.75, 3.05) is 19.5 Å². The van der Waals surface area contributed by atoms with E-state index in [4.69, 9.17) is 21.1 Å². The molecular formula is C19H16ClNO3. The zero-order valence-corrected chi connectivity index (χ0v) is 14.1. The summed E-state index contributed by atoms with van der Waals surface area (Å²) in [5.74, 6) is 0.699. The molecule has 0 saturated heterocycles. The minimum Gasteiger partial charge on any atom is -0.495 e. The quantitative estimate of drug-likeness (QED) is 0.744. The van der Waals surface area contributed by atoms with Gasteiger partial charge >= 0.3 is 0 Å². The number of anilines is 1. The van der Waals surface area contributed by atoms with Crippen LogP contribution in [0, 0.1) is 0 Å². The Balaban J connectivity index is 1.93. The van der Waals surface area contributed by atoms with Crippen LogP contribution in [0.5, 0.6) is 11.5 Å². The molecule has 0 bridgehead atoms. The zero-order valence-electron chi connectivity index (χ0n) is 13.3. The van der Waals surface area contributed by atoms with Crippen LogP contribution in [0.2, 0.25) is 5.02 Å². The van der Waals surface area contributed by atoms with E-state index in [-0.39, 0.29) is 5.91 Å². The molecule has 0 aromatic heterocycles. The zero-order chi connectivity index (χ0) is 17.1. The highest BCUT2D eigenvalue weighted by Gasteiger charge is 2.14. The Morgan fingerprint density at radius 1 is 0.917 bits per heavy atom. The Hall–Kier alpha value is -2.72. The highest BCUT2D eigenvalue weighted by atomic mass is 35.5. The molecule has 4 nitrogen and oxygen atoms in total. The van der Waals surface area contributed by atoms with E-state index in [0.29, 0.717) is 27.8 Å². The number of carbonyl (C=O) groups is 1. The Kier molecular flexibility index (Phi) is 4.58. The van der Waals surface area contributed by atoms with Gasteiger partial charge in [-0.05, 0) is 22.9 Å². The number of nitrogens with one attached hydrogen (secondary N) is 1. The summed E-state index contributed by atoms with van der Waals surface area (Å²) in [6.07, 6.45) is 0. The van der Waals surface area contributed by atoms with Crippen molar-refractivity contribution in [2.45, 2.75) is 0 Å². The lowest BCUT2D eigenvalue weighted by atomic mass is 10.1. The van der Waals surface area contributed by atoms with Gasteiger partial charge in [0.1, 0.15) is 11.5 Å². The molecule has 0 unspecified atom stereocenters. The monoisotopic (exact) mass is 341 g/mol. The summed E-state index contributed by atoms with van der Waals surface area (Å²) in [6.45, 7) is 0. The van der Waals surface area contributed by atoms with Gasteiger partial charge in [0.2, 0.25) is 0 Å². The van der Waals surface area contributed by atoms with Crippen LogP contribution >= 0.6 is 11.6 Å². The lowest BCUT2D eigenvalue weighted by Gasteiger charge is -2.13. The van der Waals surface area contributed by atoms with Gasteiger partial charge in [-0.2, -0.15) is 0 Å². The average Bonchev–Trinajstić information content (AvgIpc) is 2.62. The van der Waals surface area contributed by atoms with Gasteiger partial charge < -0.3 is 14.8 Å². The molecule has 122 valence electrons. The van der Waals surface area contributed by atoms with Crippen molar-refractivity contribution in [3.63, 3.8) is 0 Å². The van der Waals surface area contributed by atoms with Crippen molar-refractivity contribution in [3.8, 4) is 11.5 Å². The first-order valence-corrected chi connectivity index (χ1v) is 7.72. The summed E-state index contributed by atoms with van der Waals surface area (Å²) in [5, 5.41) is 5.35. The molecule has 0 heterocycles. The van der Waals surface area contributed by atoms with Gasteiger partial charge in [-0.1, -0.05) is 41.9 Å². The molecule has 3 aromatic rings. The minimum atomic E-state index is -0.233. The van der Waals surface area contributed by atoms with Gasteiger partial charge in [0.25, 0.3) is 5.91 Å². The number of hydrogen-bond acceptors (Lipinski definition) is 3. The Morgan fingerprint density at radius 3 is 2.33 bits per heavy atom. The molecule has 1 amide bonds. The molecule has 0 fully saturated rings. The fourth-order valence-corrected chi connectivity index (χ4v) is 2.71. The van der Waals surface area contributed by atoms with Crippen LogP contribution in [-0.2, 0) is 0 Å². The first-order valence-electron chi connectivity index (χ1n) is 7.34. The Labute approximate surface area is 145 Å². The van der Waals surface area contributed by atoms with Gasteiger partial charge in [-0.15, -0.1) is 0 Å². The van der Waals surface area contributed by atoms with Gasteiger partial charge in [0.05, 0.1) is 24.9 Å². The number of rotatable bonds is 4. The molecule has 3 rings (SSSR count). The van der Waals surface area contributed by atoms with E-state index in [1.165, 1.54) is 14.2 Å². The van der Waals surface area contributed by atoms with Crippen molar-refractivity contribution in [1.29, 1.82) is 0 Å². The molecule has 0 radical (unpaired) electrons. The fourth-order valence-electron chi connectivity index (χ4n) is 2.48. The van der Waals surface area contributed by atoms with Gasteiger partial charge in [-0.25, -0.2) is 0 Å². The standard InChI is InChI=1S/C19H16ClNO3/c1-23-17-11-16(18(24-2)10-15(17)20)21-19(22)14-8-7-12-5-3-4-6-13(12)9-14/h3-11H,1-2H3,(H,21,22). The average molecular weight is 342 g/mol. The molecule has 24 heavy (non-hydrogen) atoms. The van der Waals surface area contributed by atoms with Crippen LogP contribution in [-0.4, -0.2) is 20.1 Å². The molecule has 0 spiro atoms. The van der Waals surface area contributed by atoms with E-state index < -0.39 is 0 Å². The number of amides is 1. The third-order valence-corrected chi connectivity index (χ3v) is 4.03. The smallest absolute Gasteiger partial charge is 0.255 e. The summed E-state index contributed by atoms with van der Waals surface area (Å²) in [4.78, 5) is 12.6. The molecule has 0 aliphatic carbocycles. The SMILES string of the molecule is COc1cc(NC(=O)c2ccc3ccccc3c2)c(OC)cc1Cl. The lowest BCUT2D eigenvalue weighted by Crippen LogP contribution is -2.12. The molecule has 0 atom stereocenters. The number of hydrogen-bond donors (Lipinski definition) is 1. The lowest BCUT2D eigenvalue weighted by molar-refractivity contribution is 0.102. The van der Waals surface area contributed by atoms with Crippen LogP contribution < -0.4 is 14.8 Å². The summed E-state index contributed by atoms with van der Waals surface area (Å²) >= 11 is 6.08. The molecule has 5 heteroatoms. The second kappa shape index (κ2) is 6.81. The number of fused-ring (bicyclic) bond motifs is 1. The van der Waals surface area contributed by atoms with Gasteiger partial charge in [0, 0.05) is 17.7 Å². The predicted molar refractivity (Wildman–Crippen MR) is 96.5 cm³/mol. The molecule has 0 aliphatic heterocycles. The third kappa shape index (κ3) is 3.14. The molecule has 1 N–H and O–H groups in total. The topological polar surface area (TPSA) is 47.6 Å². The number of benzene rings is 3.